The predicted molar refractivity (Wildman–Crippen MR) is 80.7 cm³/mol. The van der Waals surface area contributed by atoms with Crippen LogP contribution in [0.3, 0.4) is 0 Å². The third kappa shape index (κ3) is 4.54. The first kappa shape index (κ1) is 15.5. The highest BCUT2D eigenvalue weighted by Crippen LogP contribution is 2.09. The van der Waals surface area contributed by atoms with Gasteiger partial charge in [-0.15, -0.1) is 11.3 Å². The van der Waals surface area contributed by atoms with Gasteiger partial charge < -0.3 is 5.32 Å². The van der Waals surface area contributed by atoms with E-state index in [0.717, 1.165) is 10.7 Å². The van der Waals surface area contributed by atoms with E-state index in [0.29, 0.717) is 13.0 Å². The summed E-state index contributed by atoms with van der Waals surface area (Å²) in [5, 5.41) is 5.33. The Balaban J connectivity index is 1.84. The van der Waals surface area contributed by atoms with Gasteiger partial charge in [-0.05, 0) is 19.1 Å². The monoisotopic (exact) mass is 325 g/mol. The Kier molecular flexibility index (Phi) is 4.92. The van der Waals surface area contributed by atoms with Crippen molar-refractivity contribution in [2.45, 2.75) is 18.2 Å². The first-order valence-electron chi connectivity index (χ1n) is 6.24. The minimum atomic E-state index is -3.83. The SMILES string of the molecule is Cc1csc(CCNC(=O)NS(=O)(=O)c2ccccc2)n1. The van der Waals surface area contributed by atoms with E-state index in [1.807, 2.05) is 17.0 Å². The number of aromatic nitrogens is 1. The van der Waals surface area contributed by atoms with Gasteiger partial charge in [-0.25, -0.2) is 22.9 Å². The Morgan fingerprint density at radius 3 is 2.62 bits per heavy atom. The highest BCUT2D eigenvalue weighted by Gasteiger charge is 2.16. The molecule has 112 valence electrons. The molecular formula is C13H15N3O3S2. The summed E-state index contributed by atoms with van der Waals surface area (Å²) in [6, 6.07) is 7.00. The van der Waals surface area contributed by atoms with E-state index in [4.69, 9.17) is 0 Å². The van der Waals surface area contributed by atoms with E-state index in [9.17, 15) is 13.2 Å². The summed E-state index contributed by atoms with van der Waals surface area (Å²) in [5.74, 6) is 0. The first-order valence-corrected chi connectivity index (χ1v) is 8.60. The average molecular weight is 325 g/mol. The molecule has 0 bridgehead atoms. The molecule has 0 fully saturated rings. The van der Waals surface area contributed by atoms with Crippen LogP contribution in [0, 0.1) is 6.92 Å². The molecule has 2 amide bonds. The summed E-state index contributed by atoms with van der Waals surface area (Å²) >= 11 is 1.51. The molecule has 2 rings (SSSR count). The molecule has 6 nitrogen and oxygen atoms in total. The molecule has 0 radical (unpaired) electrons. The number of amides is 2. The van der Waals surface area contributed by atoms with E-state index in [1.54, 1.807) is 18.2 Å². The Bertz CT molecular complexity index is 711. The van der Waals surface area contributed by atoms with Crippen molar-refractivity contribution in [2.24, 2.45) is 0 Å². The quantitative estimate of drug-likeness (QED) is 0.875. The third-order valence-corrected chi connectivity index (χ3v) is 4.94. The zero-order valence-electron chi connectivity index (χ0n) is 11.4. The largest absolute Gasteiger partial charge is 0.337 e. The molecule has 2 N–H and O–H groups in total. The number of rotatable bonds is 5. The molecule has 8 heteroatoms. The number of carbonyl (C=O) groups excluding carboxylic acids is 1. The van der Waals surface area contributed by atoms with Gasteiger partial charge in [-0.3, -0.25) is 0 Å². The van der Waals surface area contributed by atoms with Gasteiger partial charge in [0.25, 0.3) is 10.0 Å². The molecule has 1 heterocycles. The molecule has 21 heavy (non-hydrogen) atoms. The maximum Gasteiger partial charge on any atom is 0.328 e. The molecule has 1 aromatic heterocycles. The number of benzene rings is 1. The van der Waals surface area contributed by atoms with Crippen LogP contribution >= 0.6 is 11.3 Å². The second-order valence-corrected chi connectivity index (χ2v) is 6.93. The number of nitrogens with zero attached hydrogens (tertiary/aromatic N) is 1. The Morgan fingerprint density at radius 2 is 2.00 bits per heavy atom. The van der Waals surface area contributed by atoms with Crippen LogP contribution in [-0.4, -0.2) is 26.0 Å². The second-order valence-electron chi connectivity index (χ2n) is 4.31. The summed E-state index contributed by atoms with van der Waals surface area (Å²) in [7, 11) is -3.83. The van der Waals surface area contributed by atoms with Crippen LogP contribution in [0.2, 0.25) is 0 Å². The minimum Gasteiger partial charge on any atom is -0.337 e. The van der Waals surface area contributed by atoms with Gasteiger partial charge in [0, 0.05) is 24.0 Å². The Morgan fingerprint density at radius 1 is 1.29 bits per heavy atom. The third-order valence-electron chi connectivity index (χ3n) is 2.57. The van der Waals surface area contributed by atoms with Gasteiger partial charge in [0.15, 0.2) is 0 Å². The number of carbonyl (C=O) groups is 1. The fourth-order valence-corrected chi connectivity index (χ4v) is 3.34. The number of nitrogens with one attached hydrogen (secondary N) is 2. The van der Waals surface area contributed by atoms with Gasteiger partial charge in [0.1, 0.15) is 0 Å². The van der Waals surface area contributed by atoms with Gasteiger partial charge in [0.2, 0.25) is 0 Å². The molecule has 2 aromatic rings. The molecule has 0 spiro atoms. The predicted octanol–water partition coefficient (Wildman–Crippen LogP) is 1.68. The number of urea groups is 1. The zero-order valence-corrected chi connectivity index (χ0v) is 13.0. The van der Waals surface area contributed by atoms with Crippen molar-refractivity contribution in [1.29, 1.82) is 0 Å². The van der Waals surface area contributed by atoms with Crippen LogP contribution in [0.15, 0.2) is 40.6 Å². The van der Waals surface area contributed by atoms with Crippen LogP contribution in [0.5, 0.6) is 0 Å². The van der Waals surface area contributed by atoms with E-state index in [2.05, 4.69) is 10.3 Å². The van der Waals surface area contributed by atoms with Crippen LogP contribution in [0.4, 0.5) is 4.79 Å². The molecular weight excluding hydrogens is 310 g/mol. The number of hydrogen-bond donors (Lipinski definition) is 2. The number of hydrogen-bond acceptors (Lipinski definition) is 5. The minimum absolute atomic E-state index is 0.0516. The summed E-state index contributed by atoms with van der Waals surface area (Å²) in [6.07, 6.45) is 0.567. The van der Waals surface area contributed by atoms with Crippen molar-refractivity contribution in [3.63, 3.8) is 0 Å². The normalized spacial score (nSPS) is 11.1. The van der Waals surface area contributed by atoms with Crippen molar-refractivity contribution >= 4 is 27.4 Å². The average Bonchev–Trinajstić information content (AvgIpc) is 2.85. The van der Waals surface area contributed by atoms with Crippen molar-refractivity contribution < 1.29 is 13.2 Å². The fourth-order valence-electron chi connectivity index (χ4n) is 1.62. The standard InChI is InChI=1S/C13H15N3O3S2/c1-10-9-20-12(15-10)7-8-14-13(17)16-21(18,19)11-5-3-2-4-6-11/h2-6,9H,7-8H2,1H3,(H2,14,16,17). The van der Waals surface area contributed by atoms with Gasteiger partial charge in [0.05, 0.1) is 9.90 Å². The maximum absolute atomic E-state index is 11.9. The summed E-state index contributed by atoms with van der Waals surface area (Å²) in [6.45, 7) is 2.22. The highest BCUT2D eigenvalue weighted by atomic mass is 32.2. The molecule has 0 aliphatic carbocycles. The van der Waals surface area contributed by atoms with Crippen molar-refractivity contribution in [2.75, 3.05) is 6.54 Å². The van der Waals surface area contributed by atoms with E-state index >= 15 is 0 Å². The molecule has 0 aliphatic heterocycles. The lowest BCUT2D eigenvalue weighted by atomic mass is 10.4. The molecule has 0 unspecified atom stereocenters. The summed E-state index contributed by atoms with van der Waals surface area (Å²) in [4.78, 5) is 15.9. The number of aryl methyl sites for hydroxylation is 1. The van der Waals surface area contributed by atoms with Gasteiger partial charge in [-0.1, -0.05) is 18.2 Å². The fraction of sp³-hybridized carbons (Fsp3) is 0.231. The highest BCUT2D eigenvalue weighted by molar-refractivity contribution is 7.90. The molecule has 0 saturated carbocycles. The van der Waals surface area contributed by atoms with E-state index in [1.165, 1.54) is 23.5 Å². The van der Waals surface area contributed by atoms with Crippen LogP contribution in [0.1, 0.15) is 10.7 Å². The van der Waals surface area contributed by atoms with Crippen LogP contribution in [0.25, 0.3) is 0 Å². The summed E-state index contributed by atoms with van der Waals surface area (Å²) in [5.41, 5.74) is 0.936. The molecule has 0 saturated heterocycles. The molecule has 0 aliphatic rings. The van der Waals surface area contributed by atoms with Crippen LogP contribution < -0.4 is 10.0 Å². The number of sulfonamides is 1. The van der Waals surface area contributed by atoms with E-state index in [-0.39, 0.29) is 4.90 Å². The first-order chi connectivity index (χ1) is 9.97. The van der Waals surface area contributed by atoms with Crippen LogP contribution in [-0.2, 0) is 16.4 Å². The lowest BCUT2D eigenvalue weighted by Gasteiger charge is -2.07. The Hall–Kier alpha value is -1.93. The number of thiazole rings is 1. The maximum atomic E-state index is 11.9. The van der Waals surface area contributed by atoms with Crippen molar-refractivity contribution in [3.8, 4) is 0 Å². The molecule has 0 atom stereocenters. The molecule has 1 aromatic carbocycles. The lowest BCUT2D eigenvalue weighted by Crippen LogP contribution is -2.40. The van der Waals surface area contributed by atoms with Crippen molar-refractivity contribution in [1.82, 2.24) is 15.0 Å². The topological polar surface area (TPSA) is 88.2 Å². The summed E-state index contributed by atoms with van der Waals surface area (Å²) < 4.78 is 25.8. The smallest absolute Gasteiger partial charge is 0.328 e. The zero-order chi connectivity index (χ0) is 15.3. The van der Waals surface area contributed by atoms with Gasteiger partial charge in [-0.2, -0.15) is 0 Å². The van der Waals surface area contributed by atoms with Gasteiger partial charge >= 0.3 is 6.03 Å². The van der Waals surface area contributed by atoms with E-state index < -0.39 is 16.1 Å². The second kappa shape index (κ2) is 6.68. The lowest BCUT2D eigenvalue weighted by molar-refractivity contribution is 0.246. The Labute approximate surface area is 127 Å². The van der Waals surface area contributed by atoms with Crippen molar-refractivity contribution in [3.05, 3.63) is 46.4 Å².